The zero-order valence-corrected chi connectivity index (χ0v) is 17.5. The smallest absolute Gasteiger partial charge is 0.330 e. The summed E-state index contributed by atoms with van der Waals surface area (Å²) >= 11 is 0. The molecule has 1 aliphatic heterocycles. The number of nitrogens with one attached hydrogen (secondary N) is 1. The summed E-state index contributed by atoms with van der Waals surface area (Å²) in [5.74, 6) is -1.05. The Bertz CT molecular complexity index is 967. The van der Waals surface area contributed by atoms with Gasteiger partial charge in [0, 0.05) is 5.54 Å². The van der Waals surface area contributed by atoms with Crippen LogP contribution in [0, 0.1) is 5.82 Å². The second-order valence-electron chi connectivity index (χ2n) is 8.75. The molecule has 2 aliphatic rings. The van der Waals surface area contributed by atoms with Crippen LogP contribution in [-0.2, 0) is 11.7 Å². The van der Waals surface area contributed by atoms with Crippen molar-refractivity contribution in [3.8, 4) is 0 Å². The van der Waals surface area contributed by atoms with Gasteiger partial charge in [0.15, 0.2) is 0 Å². The molecule has 0 bridgehead atoms. The fourth-order valence-electron chi connectivity index (χ4n) is 4.97. The molecule has 1 heterocycles. The van der Waals surface area contributed by atoms with Crippen LogP contribution in [0.3, 0.4) is 0 Å². The van der Waals surface area contributed by atoms with E-state index in [4.69, 9.17) is 0 Å². The topological polar surface area (TPSA) is 35.6 Å². The molecule has 8 heteroatoms. The van der Waals surface area contributed by atoms with Crippen molar-refractivity contribution < 1.29 is 22.4 Å². The summed E-state index contributed by atoms with van der Waals surface area (Å²) < 4.78 is 53.0. The fourth-order valence-corrected chi connectivity index (χ4v) is 4.97. The zero-order valence-electron chi connectivity index (χ0n) is 17.5. The van der Waals surface area contributed by atoms with Crippen molar-refractivity contribution in [3.05, 3.63) is 65.5 Å². The molecular formula is C23H25F4N3O. The number of carbonyl (C=O) groups is 1. The van der Waals surface area contributed by atoms with Crippen LogP contribution in [0.15, 0.2) is 48.5 Å². The molecule has 166 valence electrons. The van der Waals surface area contributed by atoms with Crippen molar-refractivity contribution in [3.63, 3.8) is 0 Å². The van der Waals surface area contributed by atoms with Gasteiger partial charge in [-0.05, 0) is 63.5 Å². The van der Waals surface area contributed by atoms with Crippen molar-refractivity contribution in [2.45, 2.75) is 42.9 Å². The maximum atomic E-state index is 14.5. The Balaban J connectivity index is 1.55. The van der Waals surface area contributed by atoms with Gasteiger partial charge in [-0.25, -0.2) is 9.18 Å². The van der Waals surface area contributed by atoms with E-state index in [0.29, 0.717) is 18.9 Å². The monoisotopic (exact) mass is 435 g/mol. The highest BCUT2D eigenvalue weighted by Gasteiger charge is 2.50. The van der Waals surface area contributed by atoms with E-state index in [1.165, 1.54) is 10.5 Å². The molecule has 2 fully saturated rings. The minimum Gasteiger partial charge on any atom is -0.330 e. The first-order valence-corrected chi connectivity index (χ1v) is 10.3. The van der Waals surface area contributed by atoms with Crippen LogP contribution < -0.4 is 10.2 Å². The SMILES string of the molecule is CN(C)[C@]1(c2ccccc2)CC[C@]2(CC1)CN(c1ccc(C(F)(F)F)cc1F)C(=O)N2. The highest BCUT2D eigenvalue weighted by molar-refractivity contribution is 5.95. The summed E-state index contributed by atoms with van der Waals surface area (Å²) in [5, 5.41) is 3.00. The number of benzene rings is 2. The second-order valence-corrected chi connectivity index (χ2v) is 8.75. The van der Waals surface area contributed by atoms with E-state index in [2.05, 4.69) is 22.3 Å². The third kappa shape index (κ3) is 3.78. The maximum Gasteiger partial charge on any atom is 0.416 e. The highest BCUT2D eigenvalue weighted by Crippen LogP contribution is 2.46. The molecule has 4 rings (SSSR count). The van der Waals surface area contributed by atoms with E-state index in [1.54, 1.807) is 0 Å². The Morgan fingerprint density at radius 3 is 2.19 bits per heavy atom. The largest absolute Gasteiger partial charge is 0.416 e. The molecule has 1 saturated carbocycles. The number of nitrogens with zero attached hydrogens (tertiary/aromatic N) is 2. The van der Waals surface area contributed by atoms with Crippen molar-refractivity contribution in [1.82, 2.24) is 10.2 Å². The summed E-state index contributed by atoms with van der Waals surface area (Å²) in [5.41, 5.74) is -0.677. The Morgan fingerprint density at radius 2 is 1.65 bits per heavy atom. The average molecular weight is 435 g/mol. The molecule has 1 N–H and O–H groups in total. The molecule has 4 nitrogen and oxygen atoms in total. The number of rotatable bonds is 3. The lowest BCUT2D eigenvalue weighted by Gasteiger charge is -2.48. The van der Waals surface area contributed by atoms with Gasteiger partial charge in [-0.15, -0.1) is 0 Å². The number of carbonyl (C=O) groups excluding carboxylic acids is 1. The molecule has 1 spiro atoms. The van der Waals surface area contributed by atoms with E-state index in [9.17, 15) is 22.4 Å². The van der Waals surface area contributed by atoms with Gasteiger partial charge < -0.3 is 5.32 Å². The molecule has 31 heavy (non-hydrogen) atoms. The summed E-state index contributed by atoms with van der Waals surface area (Å²) in [4.78, 5) is 16.1. The van der Waals surface area contributed by atoms with Crippen LogP contribution >= 0.6 is 0 Å². The number of urea groups is 1. The van der Waals surface area contributed by atoms with Gasteiger partial charge in [0.25, 0.3) is 0 Å². The molecular weight excluding hydrogens is 410 g/mol. The quantitative estimate of drug-likeness (QED) is 0.678. The van der Waals surface area contributed by atoms with Gasteiger partial charge in [0.2, 0.25) is 0 Å². The lowest BCUT2D eigenvalue weighted by molar-refractivity contribution is -0.137. The maximum absolute atomic E-state index is 14.5. The van der Waals surface area contributed by atoms with E-state index < -0.39 is 29.1 Å². The van der Waals surface area contributed by atoms with Gasteiger partial charge in [-0.3, -0.25) is 9.80 Å². The molecule has 0 aromatic heterocycles. The van der Waals surface area contributed by atoms with Crippen molar-refractivity contribution >= 4 is 11.7 Å². The third-order valence-electron chi connectivity index (χ3n) is 6.85. The minimum absolute atomic E-state index is 0.130. The number of hydrogen-bond donors (Lipinski definition) is 1. The highest BCUT2D eigenvalue weighted by atomic mass is 19.4. The van der Waals surface area contributed by atoms with Gasteiger partial charge in [0.1, 0.15) is 5.82 Å². The first-order valence-electron chi connectivity index (χ1n) is 10.3. The molecule has 1 saturated heterocycles. The molecule has 0 unspecified atom stereocenters. The zero-order chi connectivity index (χ0) is 22.4. The van der Waals surface area contributed by atoms with Crippen molar-refractivity contribution in [2.75, 3.05) is 25.5 Å². The molecule has 2 amide bonds. The Labute approximate surface area is 178 Å². The lowest BCUT2D eigenvalue weighted by atomic mass is 9.69. The van der Waals surface area contributed by atoms with Gasteiger partial charge in [-0.2, -0.15) is 13.2 Å². The Kier molecular flexibility index (Phi) is 5.24. The molecule has 1 aliphatic carbocycles. The average Bonchev–Trinajstić information content (AvgIpc) is 3.04. The minimum atomic E-state index is -4.63. The van der Waals surface area contributed by atoms with Crippen LogP contribution in [0.1, 0.15) is 36.8 Å². The van der Waals surface area contributed by atoms with Crippen LogP contribution in [0.2, 0.25) is 0 Å². The normalized spacial score (nSPS) is 26.5. The standard InChI is InChI=1S/C23H25F4N3O/c1-29(2)22(16-6-4-3-5-7-16)12-10-21(11-13-22)15-30(20(31)28-21)19-9-8-17(14-18(19)24)23(25,26)27/h3-9,14H,10-13,15H2,1-2H3,(H,28,31)/t21-,22+. The van der Waals surface area contributed by atoms with E-state index in [0.717, 1.165) is 25.0 Å². The van der Waals surface area contributed by atoms with E-state index in [1.807, 2.05) is 32.3 Å². The molecule has 2 aromatic rings. The summed E-state index contributed by atoms with van der Waals surface area (Å²) in [6, 6.07) is 12.0. The van der Waals surface area contributed by atoms with Gasteiger partial charge in [0.05, 0.1) is 23.3 Å². The summed E-state index contributed by atoms with van der Waals surface area (Å²) in [7, 11) is 4.09. The molecule has 0 radical (unpaired) electrons. The lowest BCUT2D eigenvalue weighted by Crippen LogP contribution is -2.54. The summed E-state index contributed by atoms with van der Waals surface area (Å²) in [6.45, 7) is 0.229. The summed E-state index contributed by atoms with van der Waals surface area (Å²) in [6.07, 6.45) is -1.67. The van der Waals surface area contributed by atoms with Crippen molar-refractivity contribution in [1.29, 1.82) is 0 Å². The van der Waals surface area contributed by atoms with Gasteiger partial charge in [-0.1, -0.05) is 30.3 Å². The number of amides is 2. The Hall–Kier alpha value is -2.61. The Morgan fingerprint density at radius 1 is 1.00 bits per heavy atom. The number of hydrogen-bond acceptors (Lipinski definition) is 2. The number of anilines is 1. The van der Waals surface area contributed by atoms with Crippen molar-refractivity contribution in [2.24, 2.45) is 0 Å². The predicted molar refractivity (Wildman–Crippen MR) is 110 cm³/mol. The van der Waals surface area contributed by atoms with Crippen LogP contribution in [0.5, 0.6) is 0 Å². The predicted octanol–water partition coefficient (Wildman–Crippen LogP) is 5.14. The van der Waals surface area contributed by atoms with Crippen LogP contribution in [0.25, 0.3) is 0 Å². The van der Waals surface area contributed by atoms with E-state index >= 15 is 0 Å². The first kappa shape index (κ1) is 21.6. The first-order chi connectivity index (χ1) is 14.6. The van der Waals surface area contributed by atoms with Gasteiger partial charge >= 0.3 is 12.2 Å². The number of alkyl halides is 3. The molecule has 2 aromatic carbocycles. The van der Waals surface area contributed by atoms with Crippen LogP contribution in [0.4, 0.5) is 28.0 Å². The number of halogens is 4. The second kappa shape index (κ2) is 7.51. The van der Waals surface area contributed by atoms with E-state index in [-0.39, 0.29) is 17.8 Å². The fraction of sp³-hybridized carbons (Fsp3) is 0.435. The van der Waals surface area contributed by atoms with Crippen LogP contribution in [-0.4, -0.2) is 37.1 Å². The molecule has 0 atom stereocenters. The third-order valence-corrected chi connectivity index (χ3v) is 6.85.